The fourth-order valence-corrected chi connectivity index (χ4v) is 4.98. The summed E-state index contributed by atoms with van der Waals surface area (Å²) in [4.78, 5) is 18.0. The molecule has 36 heavy (non-hydrogen) atoms. The van der Waals surface area contributed by atoms with E-state index in [9.17, 15) is 9.18 Å². The SMILES string of the molecule is COc1cccc(-c2cc(C(=O)N3CCN(c4ccccc4C)CC3)c(C)n2-c2ccc(F)cc2)c1. The zero-order valence-electron chi connectivity index (χ0n) is 20.9. The molecule has 6 heteroatoms. The molecule has 4 aromatic rings. The lowest BCUT2D eigenvalue weighted by Gasteiger charge is -2.36. The number of nitrogens with zero attached hydrogens (tertiary/aromatic N) is 3. The van der Waals surface area contributed by atoms with Crippen molar-refractivity contribution in [1.82, 2.24) is 9.47 Å². The molecule has 2 heterocycles. The van der Waals surface area contributed by atoms with Crippen LogP contribution in [0, 0.1) is 19.7 Å². The highest BCUT2D eigenvalue weighted by Gasteiger charge is 2.27. The van der Waals surface area contributed by atoms with Crippen LogP contribution in [0.5, 0.6) is 5.75 Å². The maximum absolute atomic E-state index is 13.7. The molecule has 0 N–H and O–H groups in total. The monoisotopic (exact) mass is 483 g/mol. The van der Waals surface area contributed by atoms with Crippen molar-refractivity contribution < 1.29 is 13.9 Å². The molecule has 0 spiro atoms. The number of aromatic nitrogens is 1. The molecule has 5 rings (SSSR count). The molecule has 3 aromatic carbocycles. The molecule has 1 aliphatic rings. The molecule has 0 atom stereocenters. The second-order valence-electron chi connectivity index (χ2n) is 9.14. The van der Waals surface area contributed by atoms with Gasteiger partial charge in [0.05, 0.1) is 18.4 Å². The van der Waals surface area contributed by atoms with E-state index in [4.69, 9.17) is 4.74 Å². The zero-order valence-corrected chi connectivity index (χ0v) is 20.9. The van der Waals surface area contributed by atoms with Crippen LogP contribution in [-0.4, -0.2) is 48.7 Å². The van der Waals surface area contributed by atoms with E-state index >= 15 is 0 Å². The number of para-hydroxylation sites is 1. The highest BCUT2D eigenvalue weighted by Crippen LogP contribution is 2.32. The first kappa shape index (κ1) is 23.7. The number of rotatable bonds is 5. The largest absolute Gasteiger partial charge is 0.497 e. The number of benzene rings is 3. The lowest BCUT2D eigenvalue weighted by molar-refractivity contribution is 0.0746. The van der Waals surface area contributed by atoms with Gasteiger partial charge in [-0.25, -0.2) is 4.39 Å². The van der Waals surface area contributed by atoms with Gasteiger partial charge in [-0.05, 0) is 67.9 Å². The number of carbonyl (C=O) groups is 1. The first-order valence-electron chi connectivity index (χ1n) is 12.2. The van der Waals surface area contributed by atoms with Gasteiger partial charge in [0, 0.05) is 48.8 Å². The van der Waals surface area contributed by atoms with E-state index in [1.54, 1.807) is 19.2 Å². The van der Waals surface area contributed by atoms with E-state index in [1.165, 1.54) is 23.4 Å². The summed E-state index contributed by atoms with van der Waals surface area (Å²) >= 11 is 0. The van der Waals surface area contributed by atoms with Crippen LogP contribution >= 0.6 is 0 Å². The van der Waals surface area contributed by atoms with Crippen molar-refractivity contribution in [3.63, 3.8) is 0 Å². The summed E-state index contributed by atoms with van der Waals surface area (Å²) in [6.45, 7) is 6.96. The van der Waals surface area contributed by atoms with Crippen molar-refractivity contribution in [2.45, 2.75) is 13.8 Å². The summed E-state index contributed by atoms with van der Waals surface area (Å²) in [6, 6.07) is 24.4. The number of carbonyl (C=O) groups excluding carboxylic acids is 1. The number of halogens is 1. The Morgan fingerprint density at radius 3 is 2.28 bits per heavy atom. The van der Waals surface area contributed by atoms with E-state index in [2.05, 4.69) is 30.0 Å². The standard InChI is InChI=1S/C30H30FN3O2/c1-21-7-4-5-10-28(21)32-15-17-33(18-16-32)30(35)27-20-29(23-8-6-9-26(19-23)36-3)34(22(27)2)25-13-11-24(31)12-14-25/h4-14,19-20H,15-18H2,1-3H3. The molecule has 0 radical (unpaired) electrons. The van der Waals surface area contributed by atoms with E-state index < -0.39 is 0 Å². The van der Waals surface area contributed by atoms with Gasteiger partial charge in [-0.1, -0.05) is 30.3 Å². The predicted octanol–water partition coefficient (Wildman–Crippen LogP) is 5.87. The molecule has 0 saturated carbocycles. The minimum Gasteiger partial charge on any atom is -0.497 e. The highest BCUT2D eigenvalue weighted by atomic mass is 19.1. The molecule has 1 aliphatic heterocycles. The molecular formula is C30H30FN3O2. The van der Waals surface area contributed by atoms with Crippen molar-refractivity contribution in [2.24, 2.45) is 0 Å². The van der Waals surface area contributed by atoms with E-state index in [0.29, 0.717) is 18.7 Å². The Bertz CT molecular complexity index is 1390. The topological polar surface area (TPSA) is 37.7 Å². The number of ether oxygens (including phenoxy) is 1. The molecule has 184 valence electrons. The number of methoxy groups -OCH3 is 1. The third kappa shape index (κ3) is 4.47. The first-order chi connectivity index (χ1) is 17.5. The normalized spacial score (nSPS) is 13.7. The Hall–Kier alpha value is -4.06. The summed E-state index contributed by atoms with van der Waals surface area (Å²) in [5.41, 5.74) is 6.53. The van der Waals surface area contributed by atoms with E-state index in [1.807, 2.05) is 52.8 Å². The van der Waals surface area contributed by atoms with Gasteiger partial charge in [-0.3, -0.25) is 4.79 Å². The summed E-state index contributed by atoms with van der Waals surface area (Å²) in [7, 11) is 1.63. The van der Waals surface area contributed by atoms with Gasteiger partial charge in [0.2, 0.25) is 0 Å². The minimum atomic E-state index is -0.297. The molecule has 1 aromatic heterocycles. The Kier molecular flexibility index (Phi) is 6.51. The van der Waals surface area contributed by atoms with Crippen molar-refractivity contribution in [1.29, 1.82) is 0 Å². The van der Waals surface area contributed by atoms with Crippen LogP contribution in [0.3, 0.4) is 0 Å². The maximum Gasteiger partial charge on any atom is 0.255 e. The maximum atomic E-state index is 13.7. The van der Waals surface area contributed by atoms with Crippen LogP contribution in [0.15, 0.2) is 78.9 Å². The molecule has 1 amide bonds. The fourth-order valence-electron chi connectivity index (χ4n) is 4.98. The summed E-state index contributed by atoms with van der Waals surface area (Å²) in [5, 5.41) is 0. The lowest BCUT2D eigenvalue weighted by Crippen LogP contribution is -2.49. The number of hydrogen-bond acceptors (Lipinski definition) is 3. The van der Waals surface area contributed by atoms with Crippen LogP contribution < -0.4 is 9.64 Å². The molecule has 0 bridgehead atoms. The quantitative estimate of drug-likeness (QED) is 0.356. The Balaban J connectivity index is 1.48. The number of aryl methyl sites for hydroxylation is 1. The fraction of sp³-hybridized carbons (Fsp3) is 0.233. The second-order valence-corrected chi connectivity index (χ2v) is 9.14. The number of hydrogen-bond donors (Lipinski definition) is 0. The third-order valence-electron chi connectivity index (χ3n) is 6.95. The van der Waals surface area contributed by atoms with Gasteiger partial charge < -0.3 is 19.1 Å². The van der Waals surface area contributed by atoms with Crippen LogP contribution in [0.4, 0.5) is 10.1 Å². The van der Waals surface area contributed by atoms with Crippen molar-refractivity contribution >= 4 is 11.6 Å². The van der Waals surface area contributed by atoms with Gasteiger partial charge >= 0.3 is 0 Å². The van der Waals surface area contributed by atoms with Gasteiger partial charge in [-0.2, -0.15) is 0 Å². The summed E-state index contributed by atoms with van der Waals surface area (Å²) in [6.07, 6.45) is 0. The van der Waals surface area contributed by atoms with Gasteiger partial charge in [0.1, 0.15) is 11.6 Å². The zero-order chi connectivity index (χ0) is 25.2. The highest BCUT2D eigenvalue weighted by molar-refractivity contribution is 5.97. The van der Waals surface area contributed by atoms with E-state index in [0.717, 1.165) is 41.5 Å². The summed E-state index contributed by atoms with van der Waals surface area (Å²) in [5.74, 6) is 0.452. The molecule has 1 saturated heterocycles. The number of amides is 1. The Morgan fingerprint density at radius 1 is 0.861 bits per heavy atom. The van der Waals surface area contributed by atoms with Crippen molar-refractivity contribution in [3.05, 3.63) is 102 Å². The van der Waals surface area contributed by atoms with E-state index in [-0.39, 0.29) is 11.7 Å². The number of anilines is 1. The predicted molar refractivity (Wildman–Crippen MR) is 142 cm³/mol. The van der Waals surface area contributed by atoms with Gasteiger partial charge in [0.25, 0.3) is 5.91 Å². The molecule has 0 aliphatic carbocycles. The Labute approximate surface area is 211 Å². The van der Waals surface area contributed by atoms with Crippen molar-refractivity contribution in [3.8, 4) is 22.7 Å². The Morgan fingerprint density at radius 2 is 1.58 bits per heavy atom. The van der Waals surface area contributed by atoms with Gasteiger partial charge in [-0.15, -0.1) is 0 Å². The van der Waals surface area contributed by atoms with Gasteiger partial charge in [0.15, 0.2) is 0 Å². The summed E-state index contributed by atoms with van der Waals surface area (Å²) < 4.78 is 21.1. The van der Waals surface area contributed by atoms with Crippen LogP contribution in [-0.2, 0) is 0 Å². The smallest absolute Gasteiger partial charge is 0.255 e. The first-order valence-corrected chi connectivity index (χ1v) is 12.2. The second kappa shape index (κ2) is 9.90. The molecule has 1 fully saturated rings. The molecule has 5 nitrogen and oxygen atoms in total. The van der Waals surface area contributed by atoms with Crippen LogP contribution in [0.2, 0.25) is 0 Å². The third-order valence-corrected chi connectivity index (χ3v) is 6.95. The average molecular weight is 484 g/mol. The molecule has 0 unspecified atom stereocenters. The lowest BCUT2D eigenvalue weighted by atomic mass is 10.1. The van der Waals surface area contributed by atoms with Crippen molar-refractivity contribution in [2.75, 3.05) is 38.2 Å². The molecular weight excluding hydrogens is 453 g/mol. The van der Waals surface area contributed by atoms with Crippen LogP contribution in [0.25, 0.3) is 16.9 Å². The minimum absolute atomic E-state index is 0.0157. The number of piperazine rings is 1. The van der Waals surface area contributed by atoms with Crippen LogP contribution in [0.1, 0.15) is 21.6 Å². The average Bonchev–Trinajstić information content (AvgIpc) is 3.26.